The van der Waals surface area contributed by atoms with Crippen molar-refractivity contribution in [3.63, 3.8) is 0 Å². The fourth-order valence-corrected chi connectivity index (χ4v) is 5.77. The lowest BCUT2D eigenvalue weighted by atomic mass is 9.88. The zero-order valence-corrected chi connectivity index (χ0v) is 22.4. The maximum atomic E-state index is 13.0. The molecule has 204 valence electrons. The van der Waals surface area contributed by atoms with Gasteiger partial charge < -0.3 is 39.7 Å². The third kappa shape index (κ3) is 6.42. The Morgan fingerprint density at radius 1 is 1.32 bits per heavy atom. The number of nitrogens with two attached hydrogens (primary N) is 1. The number of β-lactam (4-membered cyclic amide) rings is 1. The van der Waals surface area contributed by atoms with Crippen molar-refractivity contribution in [3.05, 3.63) is 11.1 Å². The number of ether oxygens (including phenoxy) is 4. The average molecular weight is 560 g/mol. The van der Waals surface area contributed by atoms with Crippen molar-refractivity contribution in [1.82, 2.24) is 15.2 Å². The molecule has 16 heteroatoms. The normalized spacial score (nSPS) is 23.8. The summed E-state index contributed by atoms with van der Waals surface area (Å²) in [4.78, 5) is 61.1. The molecule has 14 nitrogen and oxygen atoms in total. The molecule has 0 radical (unpaired) electrons. The lowest BCUT2D eigenvalue weighted by molar-refractivity contribution is -0.185. The lowest BCUT2D eigenvalue weighted by Crippen LogP contribution is -2.74. The maximum Gasteiger partial charge on any atom is 0.511 e. The number of esters is 1. The molecule has 0 spiro atoms. The van der Waals surface area contributed by atoms with E-state index in [2.05, 4.69) is 20.2 Å². The molecule has 1 aromatic rings. The minimum absolute atomic E-state index is 0.00280. The predicted molar refractivity (Wildman–Crippen MR) is 133 cm³/mol. The average Bonchev–Trinajstić information content (AvgIpc) is 3.28. The van der Waals surface area contributed by atoms with Crippen molar-refractivity contribution in [2.45, 2.75) is 38.5 Å². The van der Waals surface area contributed by atoms with Gasteiger partial charge in [0.25, 0.3) is 5.91 Å². The molecule has 2 amide bonds. The minimum atomic E-state index is -1.20. The highest BCUT2D eigenvalue weighted by atomic mass is 32.2. The van der Waals surface area contributed by atoms with Gasteiger partial charge in [0.1, 0.15) is 29.1 Å². The standard InChI is InChI=1S/C21H29N5O9S2/c1-5-32-20(30)35-11(3)34-18(29)21(9-31-4)8-26-16(28)14(17(26)37-10-21)24-15(27)13(25-33-6-2)12-7-36-19(22)23-12/h7,11,14,17H,5-6,8-10H2,1-4H3,(H2,22,23)(H,24,27)/t11?,14?,17-,21?/m1/s1. The van der Waals surface area contributed by atoms with Crippen LogP contribution < -0.4 is 11.1 Å². The van der Waals surface area contributed by atoms with Gasteiger partial charge in [-0.15, -0.1) is 23.1 Å². The van der Waals surface area contributed by atoms with Crippen LogP contribution in [-0.2, 0) is 38.2 Å². The monoisotopic (exact) mass is 559 g/mol. The van der Waals surface area contributed by atoms with Crippen LogP contribution in [0.1, 0.15) is 26.5 Å². The number of nitrogens with zero attached hydrogens (tertiary/aromatic N) is 3. The van der Waals surface area contributed by atoms with Gasteiger partial charge in [-0.25, -0.2) is 9.78 Å². The van der Waals surface area contributed by atoms with E-state index in [4.69, 9.17) is 24.8 Å². The van der Waals surface area contributed by atoms with Crippen LogP contribution in [0.25, 0.3) is 0 Å². The number of carbonyl (C=O) groups excluding carboxylic acids is 4. The van der Waals surface area contributed by atoms with E-state index in [-0.39, 0.29) is 54.6 Å². The van der Waals surface area contributed by atoms with E-state index < -0.39 is 41.2 Å². The molecule has 0 bridgehead atoms. The first kappa shape index (κ1) is 28.5. The van der Waals surface area contributed by atoms with E-state index in [1.165, 1.54) is 30.7 Å². The van der Waals surface area contributed by atoms with E-state index >= 15 is 0 Å². The topological polar surface area (TPSA) is 181 Å². The summed E-state index contributed by atoms with van der Waals surface area (Å²) >= 11 is 2.43. The van der Waals surface area contributed by atoms with Crippen molar-refractivity contribution in [2.24, 2.45) is 10.6 Å². The Bertz CT molecular complexity index is 1050. The van der Waals surface area contributed by atoms with Crippen LogP contribution in [0, 0.1) is 5.41 Å². The second-order valence-electron chi connectivity index (χ2n) is 8.03. The van der Waals surface area contributed by atoms with E-state index in [9.17, 15) is 19.2 Å². The second-order valence-corrected chi connectivity index (χ2v) is 10.0. The number of carbonyl (C=O) groups is 4. The molecule has 3 unspecified atom stereocenters. The molecule has 0 aliphatic carbocycles. The Kier molecular flexibility index (Phi) is 9.56. The highest BCUT2D eigenvalue weighted by Crippen LogP contribution is 2.43. The van der Waals surface area contributed by atoms with Crippen LogP contribution in [0.15, 0.2) is 10.5 Å². The Morgan fingerprint density at radius 2 is 2.08 bits per heavy atom. The van der Waals surface area contributed by atoms with Gasteiger partial charge >= 0.3 is 12.1 Å². The number of hydrogen-bond donors (Lipinski definition) is 2. The Hall–Kier alpha value is -3.11. The number of methoxy groups -OCH3 is 1. The molecular formula is C21H29N5O9S2. The number of nitrogen functional groups attached to an aromatic ring is 1. The van der Waals surface area contributed by atoms with E-state index in [0.29, 0.717) is 0 Å². The van der Waals surface area contributed by atoms with Gasteiger partial charge in [-0.2, -0.15) is 0 Å². The fourth-order valence-electron chi connectivity index (χ4n) is 3.70. The summed E-state index contributed by atoms with van der Waals surface area (Å²) in [6.07, 6.45) is -2.17. The van der Waals surface area contributed by atoms with Crippen LogP contribution in [0.4, 0.5) is 9.93 Å². The summed E-state index contributed by atoms with van der Waals surface area (Å²) < 4.78 is 20.1. The number of hydrogen-bond acceptors (Lipinski definition) is 14. The van der Waals surface area contributed by atoms with Crippen molar-refractivity contribution in [1.29, 1.82) is 0 Å². The number of thioether (sulfide) groups is 1. The van der Waals surface area contributed by atoms with E-state index in [1.54, 1.807) is 19.2 Å². The number of nitrogens with one attached hydrogen (secondary N) is 1. The summed E-state index contributed by atoms with van der Waals surface area (Å²) in [5.41, 5.74) is 4.60. The van der Waals surface area contributed by atoms with E-state index in [1.807, 2.05) is 0 Å². The van der Waals surface area contributed by atoms with Crippen molar-refractivity contribution >= 4 is 57.9 Å². The fraction of sp³-hybridized carbons (Fsp3) is 0.619. The zero-order valence-electron chi connectivity index (χ0n) is 20.8. The van der Waals surface area contributed by atoms with Crippen LogP contribution in [0.3, 0.4) is 0 Å². The lowest BCUT2D eigenvalue weighted by Gasteiger charge is -2.53. The first-order valence-corrected chi connectivity index (χ1v) is 13.3. The van der Waals surface area contributed by atoms with Gasteiger partial charge in [-0.05, 0) is 13.8 Å². The molecule has 3 heterocycles. The molecule has 37 heavy (non-hydrogen) atoms. The first-order chi connectivity index (χ1) is 17.7. The molecule has 3 N–H and O–H groups in total. The Morgan fingerprint density at radius 3 is 2.70 bits per heavy atom. The van der Waals surface area contributed by atoms with Crippen LogP contribution in [0.2, 0.25) is 0 Å². The van der Waals surface area contributed by atoms with Crippen LogP contribution in [0.5, 0.6) is 0 Å². The first-order valence-electron chi connectivity index (χ1n) is 11.3. The van der Waals surface area contributed by atoms with Gasteiger partial charge in [0.15, 0.2) is 10.8 Å². The molecule has 2 saturated heterocycles. The number of anilines is 1. The van der Waals surface area contributed by atoms with Crippen LogP contribution in [-0.4, -0.2) is 96.5 Å². The van der Waals surface area contributed by atoms with E-state index in [0.717, 1.165) is 11.3 Å². The summed E-state index contributed by atoms with van der Waals surface area (Å²) in [6, 6.07) is -0.844. The SMILES string of the molecule is CCON=C(C(=O)NC1C(=O)N2CC(COC)(C(=O)OC(C)OC(=O)OCC)CS[C@H]12)c1csc(N)n1. The largest absolute Gasteiger partial charge is 0.511 e. The third-order valence-electron chi connectivity index (χ3n) is 5.35. The molecule has 4 atom stereocenters. The van der Waals surface area contributed by atoms with Crippen LogP contribution >= 0.6 is 23.1 Å². The van der Waals surface area contributed by atoms with Gasteiger partial charge in [0.2, 0.25) is 12.2 Å². The third-order valence-corrected chi connectivity index (χ3v) is 7.61. The molecule has 1 aromatic heterocycles. The quantitative estimate of drug-likeness (QED) is 0.127. The molecular weight excluding hydrogens is 530 g/mol. The molecule has 0 saturated carbocycles. The van der Waals surface area contributed by atoms with Gasteiger partial charge in [0.05, 0.1) is 13.2 Å². The van der Waals surface area contributed by atoms with Gasteiger partial charge in [-0.3, -0.25) is 14.4 Å². The number of aromatic nitrogens is 1. The molecule has 2 aliphatic rings. The summed E-state index contributed by atoms with van der Waals surface area (Å²) in [5.74, 6) is -1.49. The number of fused-ring (bicyclic) bond motifs is 1. The number of thiazole rings is 1. The summed E-state index contributed by atoms with van der Waals surface area (Å²) in [7, 11) is 1.43. The highest BCUT2D eigenvalue weighted by Gasteiger charge is 2.58. The summed E-state index contributed by atoms with van der Waals surface area (Å²) in [6.45, 7) is 5.00. The maximum absolute atomic E-state index is 13.0. The Balaban J connectivity index is 1.66. The number of oxime groups is 1. The van der Waals surface area contributed by atoms with Crippen molar-refractivity contribution in [3.8, 4) is 0 Å². The number of rotatable bonds is 11. The summed E-state index contributed by atoms with van der Waals surface area (Å²) in [5, 5.41) is 7.91. The molecule has 3 rings (SSSR count). The van der Waals surface area contributed by atoms with Gasteiger partial charge in [0, 0.05) is 31.7 Å². The molecule has 2 fully saturated rings. The molecule has 2 aliphatic heterocycles. The molecule has 0 aromatic carbocycles. The smallest absolute Gasteiger partial charge is 0.435 e. The zero-order chi connectivity index (χ0) is 27.2. The minimum Gasteiger partial charge on any atom is -0.435 e. The van der Waals surface area contributed by atoms with Gasteiger partial charge in [-0.1, -0.05) is 5.16 Å². The van der Waals surface area contributed by atoms with Crippen molar-refractivity contribution in [2.75, 3.05) is 45.0 Å². The Labute approximate surface area is 221 Å². The predicted octanol–water partition coefficient (Wildman–Crippen LogP) is 0.561. The number of amides is 2. The second kappa shape index (κ2) is 12.4. The highest BCUT2D eigenvalue weighted by molar-refractivity contribution is 8.00. The van der Waals surface area contributed by atoms with Crippen molar-refractivity contribution < 1.29 is 43.0 Å².